The molecule has 1 atom stereocenters. The molecule has 1 aromatic rings. The van der Waals surface area contributed by atoms with Gasteiger partial charge in [-0.3, -0.25) is 0 Å². The molecule has 0 amide bonds. The Bertz CT molecular complexity index is 335. The number of nitrogens with one attached hydrogen (secondary N) is 1. The lowest BCUT2D eigenvalue weighted by Crippen LogP contribution is -2.31. The van der Waals surface area contributed by atoms with Crippen LogP contribution in [0.2, 0.25) is 0 Å². The van der Waals surface area contributed by atoms with Crippen molar-refractivity contribution >= 4 is 32.4 Å². The van der Waals surface area contributed by atoms with E-state index in [1.807, 2.05) is 5.38 Å². The molecule has 84 valence electrons. The maximum Gasteiger partial charge on any atom is 0.183 e. The maximum atomic E-state index is 4.38. The summed E-state index contributed by atoms with van der Waals surface area (Å²) in [5.74, 6) is 0. The molecule has 0 aliphatic heterocycles. The third-order valence-corrected chi connectivity index (χ3v) is 4.49. The van der Waals surface area contributed by atoms with E-state index in [0.717, 1.165) is 9.73 Å². The molecule has 1 unspecified atom stereocenters. The Morgan fingerprint density at radius 1 is 1.60 bits per heavy atom. The van der Waals surface area contributed by atoms with Gasteiger partial charge in [-0.2, -0.15) is 0 Å². The van der Waals surface area contributed by atoms with E-state index in [0.29, 0.717) is 11.5 Å². The van der Waals surface area contributed by atoms with E-state index in [2.05, 4.69) is 40.1 Å². The van der Waals surface area contributed by atoms with Gasteiger partial charge in [0.15, 0.2) is 5.13 Å². The molecule has 2 nitrogen and oxygen atoms in total. The monoisotopic (exact) mass is 288 g/mol. The molecular weight excluding hydrogens is 272 g/mol. The molecule has 1 aliphatic rings. The second kappa shape index (κ2) is 4.42. The van der Waals surface area contributed by atoms with E-state index in [9.17, 15) is 0 Å². The molecule has 0 radical (unpaired) electrons. The first-order chi connectivity index (χ1) is 7.05. The molecule has 1 aromatic heterocycles. The first kappa shape index (κ1) is 11.4. The molecule has 1 fully saturated rings. The summed E-state index contributed by atoms with van der Waals surface area (Å²) in [4.78, 5) is 4.38. The van der Waals surface area contributed by atoms with Crippen molar-refractivity contribution in [3.8, 4) is 0 Å². The van der Waals surface area contributed by atoms with Crippen LogP contribution in [0.15, 0.2) is 9.98 Å². The average Bonchev–Trinajstić information content (AvgIpc) is 2.49. The fraction of sp³-hybridized carbons (Fsp3) is 0.727. The predicted molar refractivity (Wildman–Crippen MR) is 69.5 cm³/mol. The van der Waals surface area contributed by atoms with Crippen molar-refractivity contribution in [2.45, 2.75) is 45.6 Å². The molecule has 1 aliphatic carbocycles. The van der Waals surface area contributed by atoms with E-state index in [-0.39, 0.29) is 0 Å². The molecule has 4 heteroatoms. The lowest BCUT2D eigenvalue weighted by molar-refractivity contribution is 0.229. The number of nitrogens with zero attached hydrogens (tertiary/aromatic N) is 1. The van der Waals surface area contributed by atoms with Crippen LogP contribution in [0.5, 0.6) is 0 Å². The summed E-state index contributed by atoms with van der Waals surface area (Å²) in [5.41, 5.74) is 0.490. The lowest BCUT2D eigenvalue weighted by Gasteiger charge is -2.35. The Morgan fingerprint density at radius 2 is 2.40 bits per heavy atom. The summed E-state index contributed by atoms with van der Waals surface area (Å²) in [6.07, 6.45) is 5.22. The summed E-state index contributed by atoms with van der Waals surface area (Å²) < 4.78 is 0.935. The summed E-state index contributed by atoms with van der Waals surface area (Å²) in [7, 11) is 0. The van der Waals surface area contributed by atoms with Gasteiger partial charge in [0.1, 0.15) is 4.60 Å². The largest absolute Gasteiger partial charge is 0.359 e. The topological polar surface area (TPSA) is 24.9 Å². The van der Waals surface area contributed by atoms with Gasteiger partial charge in [-0.25, -0.2) is 4.98 Å². The molecule has 0 bridgehead atoms. The van der Waals surface area contributed by atoms with Crippen LogP contribution in [0, 0.1) is 5.41 Å². The van der Waals surface area contributed by atoms with Crippen molar-refractivity contribution in [1.29, 1.82) is 0 Å². The highest BCUT2D eigenvalue weighted by atomic mass is 79.9. The molecule has 1 saturated carbocycles. The minimum atomic E-state index is 0.490. The summed E-state index contributed by atoms with van der Waals surface area (Å²) >= 11 is 5.05. The minimum Gasteiger partial charge on any atom is -0.359 e. The quantitative estimate of drug-likeness (QED) is 0.878. The second-order valence-corrected chi connectivity index (χ2v) is 6.75. The molecule has 0 spiro atoms. The molecule has 2 rings (SSSR count). The van der Waals surface area contributed by atoms with E-state index in [1.54, 1.807) is 11.3 Å². The van der Waals surface area contributed by atoms with Gasteiger partial charge < -0.3 is 5.32 Å². The van der Waals surface area contributed by atoms with Gasteiger partial charge in [-0.15, -0.1) is 11.3 Å². The van der Waals surface area contributed by atoms with Gasteiger partial charge in [-0.05, 0) is 40.6 Å². The van der Waals surface area contributed by atoms with Crippen molar-refractivity contribution in [2.75, 3.05) is 5.32 Å². The van der Waals surface area contributed by atoms with Gasteiger partial charge in [0.25, 0.3) is 0 Å². The number of halogens is 1. The number of hydrogen-bond acceptors (Lipinski definition) is 3. The average molecular weight is 289 g/mol. The van der Waals surface area contributed by atoms with Crippen molar-refractivity contribution in [3.63, 3.8) is 0 Å². The Hall–Kier alpha value is -0.0900. The zero-order valence-electron chi connectivity index (χ0n) is 9.22. The van der Waals surface area contributed by atoms with Crippen LogP contribution >= 0.6 is 27.3 Å². The second-order valence-electron chi connectivity index (χ2n) is 5.08. The third-order valence-electron chi connectivity index (χ3n) is 3.01. The first-order valence-electron chi connectivity index (χ1n) is 5.43. The Kier molecular flexibility index (Phi) is 3.36. The standard InChI is InChI=1S/C11H17BrN2S/c1-11(2)5-3-4-8(6-11)13-10-14-9(12)7-15-10/h7-8H,3-6H2,1-2H3,(H,13,14). The van der Waals surface area contributed by atoms with Crippen LogP contribution in [0.1, 0.15) is 39.5 Å². The number of aromatic nitrogens is 1. The molecule has 0 saturated heterocycles. The Labute approximate surface area is 104 Å². The highest BCUT2D eigenvalue weighted by Gasteiger charge is 2.28. The highest BCUT2D eigenvalue weighted by molar-refractivity contribution is 9.10. The SMILES string of the molecule is CC1(C)CCCC(Nc2nc(Br)cs2)C1. The van der Waals surface area contributed by atoms with E-state index in [1.165, 1.54) is 25.7 Å². The molecule has 0 aromatic carbocycles. The zero-order chi connectivity index (χ0) is 10.9. The van der Waals surface area contributed by atoms with Gasteiger partial charge >= 0.3 is 0 Å². The number of rotatable bonds is 2. The van der Waals surface area contributed by atoms with Crippen LogP contribution in [-0.2, 0) is 0 Å². The summed E-state index contributed by atoms with van der Waals surface area (Å²) in [5, 5.41) is 6.60. The predicted octanol–water partition coefficient (Wildman–Crippen LogP) is 4.29. The van der Waals surface area contributed by atoms with Crippen LogP contribution in [0.4, 0.5) is 5.13 Å². The van der Waals surface area contributed by atoms with Crippen molar-refractivity contribution in [1.82, 2.24) is 4.98 Å². The highest BCUT2D eigenvalue weighted by Crippen LogP contribution is 2.36. The number of hydrogen-bond donors (Lipinski definition) is 1. The Balaban J connectivity index is 1.95. The van der Waals surface area contributed by atoms with Crippen LogP contribution in [-0.4, -0.2) is 11.0 Å². The van der Waals surface area contributed by atoms with Gasteiger partial charge in [-0.1, -0.05) is 20.3 Å². The maximum absolute atomic E-state index is 4.38. The van der Waals surface area contributed by atoms with Gasteiger partial charge in [0, 0.05) is 11.4 Å². The molecule has 1 heterocycles. The summed E-state index contributed by atoms with van der Waals surface area (Å²) in [6.45, 7) is 4.72. The van der Waals surface area contributed by atoms with Crippen LogP contribution in [0.3, 0.4) is 0 Å². The Morgan fingerprint density at radius 3 is 3.00 bits per heavy atom. The zero-order valence-corrected chi connectivity index (χ0v) is 11.6. The lowest BCUT2D eigenvalue weighted by atomic mass is 9.75. The molecule has 15 heavy (non-hydrogen) atoms. The van der Waals surface area contributed by atoms with Crippen molar-refractivity contribution in [3.05, 3.63) is 9.98 Å². The van der Waals surface area contributed by atoms with Gasteiger partial charge in [0.2, 0.25) is 0 Å². The minimum absolute atomic E-state index is 0.490. The van der Waals surface area contributed by atoms with Crippen LogP contribution in [0.25, 0.3) is 0 Å². The first-order valence-corrected chi connectivity index (χ1v) is 7.10. The fourth-order valence-electron chi connectivity index (χ4n) is 2.32. The summed E-state index contributed by atoms with van der Waals surface area (Å²) in [6, 6.07) is 0.604. The van der Waals surface area contributed by atoms with Gasteiger partial charge in [0.05, 0.1) is 0 Å². The van der Waals surface area contributed by atoms with Crippen molar-refractivity contribution < 1.29 is 0 Å². The van der Waals surface area contributed by atoms with E-state index in [4.69, 9.17) is 0 Å². The van der Waals surface area contributed by atoms with E-state index < -0.39 is 0 Å². The molecular formula is C11H17BrN2S. The third kappa shape index (κ3) is 3.18. The van der Waals surface area contributed by atoms with Crippen LogP contribution < -0.4 is 5.32 Å². The number of anilines is 1. The fourth-order valence-corrected chi connectivity index (χ4v) is 3.54. The van der Waals surface area contributed by atoms with Crippen molar-refractivity contribution in [2.24, 2.45) is 5.41 Å². The molecule has 1 N–H and O–H groups in total. The smallest absolute Gasteiger partial charge is 0.183 e. The normalized spacial score (nSPS) is 25.1. The number of thiazole rings is 1. The van der Waals surface area contributed by atoms with E-state index >= 15 is 0 Å².